The summed E-state index contributed by atoms with van der Waals surface area (Å²) in [6.07, 6.45) is 6.83. The van der Waals surface area contributed by atoms with Gasteiger partial charge in [-0.25, -0.2) is 0 Å². The predicted molar refractivity (Wildman–Crippen MR) is 80.4 cm³/mol. The van der Waals surface area contributed by atoms with Crippen molar-refractivity contribution in [2.24, 2.45) is 5.16 Å². The summed E-state index contributed by atoms with van der Waals surface area (Å²) in [6.45, 7) is 0. The molecule has 5 nitrogen and oxygen atoms in total. The number of nitrogens with one attached hydrogen (secondary N) is 1. The molecule has 104 valence electrons. The Balaban J connectivity index is 1.69. The van der Waals surface area contributed by atoms with E-state index in [1.165, 1.54) is 5.56 Å². The molecule has 0 unspecified atom stereocenters. The van der Waals surface area contributed by atoms with Crippen LogP contribution in [0.5, 0.6) is 0 Å². The molecule has 21 heavy (non-hydrogen) atoms. The molecular formula is C16H13N3O2. The molecule has 0 fully saturated rings. The van der Waals surface area contributed by atoms with Crippen LogP contribution in [0, 0.1) is 0 Å². The maximum absolute atomic E-state index is 8.96. The Morgan fingerprint density at radius 2 is 2.19 bits per heavy atom. The van der Waals surface area contributed by atoms with Crippen LogP contribution in [0.2, 0.25) is 0 Å². The topological polar surface area (TPSA) is 70.7 Å². The van der Waals surface area contributed by atoms with Gasteiger partial charge in [-0.15, -0.1) is 0 Å². The second-order valence-corrected chi connectivity index (χ2v) is 5.06. The third kappa shape index (κ3) is 1.94. The quantitative estimate of drug-likeness (QED) is 0.554. The SMILES string of the molecule is O/N=C1\CCc2cc(Nc3coc4cnccc34)ccc21. The van der Waals surface area contributed by atoms with E-state index in [2.05, 4.69) is 21.5 Å². The molecule has 0 amide bonds. The maximum atomic E-state index is 8.96. The van der Waals surface area contributed by atoms with Crippen molar-refractivity contribution in [3.63, 3.8) is 0 Å². The first-order valence-electron chi connectivity index (χ1n) is 6.77. The van der Waals surface area contributed by atoms with Crippen LogP contribution in [0.4, 0.5) is 11.4 Å². The molecule has 0 aliphatic heterocycles. The second-order valence-electron chi connectivity index (χ2n) is 5.06. The molecule has 2 aromatic heterocycles. The lowest BCUT2D eigenvalue weighted by atomic mass is 10.1. The number of hydrogen-bond donors (Lipinski definition) is 2. The monoisotopic (exact) mass is 279 g/mol. The van der Waals surface area contributed by atoms with Gasteiger partial charge < -0.3 is 14.9 Å². The van der Waals surface area contributed by atoms with E-state index in [1.54, 1.807) is 18.7 Å². The lowest BCUT2D eigenvalue weighted by Crippen LogP contribution is -1.95. The van der Waals surface area contributed by atoms with Crippen LogP contribution in [0.3, 0.4) is 0 Å². The first-order chi connectivity index (χ1) is 10.3. The van der Waals surface area contributed by atoms with E-state index in [1.807, 2.05) is 18.2 Å². The first-order valence-corrected chi connectivity index (χ1v) is 6.77. The summed E-state index contributed by atoms with van der Waals surface area (Å²) < 4.78 is 5.47. The molecule has 0 radical (unpaired) electrons. The Morgan fingerprint density at radius 3 is 3.10 bits per heavy atom. The molecule has 0 saturated heterocycles. The van der Waals surface area contributed by atoms with Crippen LogP contribution in [-0.2, 0) is 6.42 Å². The molecule has 4 rings (SSSR count). The van der Waals surface area contributed by atoms with Gasteiger partial charge in [-0.1, -0.05) is 11.2 Å². The molecule has 5 heteroatoms. The van der Waals surface area contributed by atoms with Crippen molar-refractivity contribution in [1.82, 2.24) is 4.98 Å². The van der Waals surface area contributed by atoms with Crippen LogP contribution < -0.4 is 5.32 Å². The molecule has 1 aromatic carbocycles. The summed E-state index contributed by atoms with van der Waals surface area (Å²) in [7, 11) is 0. The summed E-state index contributed by atoms with van der Waals surface area (Å²) in [5.41, 5.74) is 5.66. The number of furan rings is 1. The molecule has 0 bridgehead atoms. The molecule has 2 heterocycles. The number of rotatable bonds is 2. The Kier molecular flexibility index (Phi) is 2.64. The second kappa shape index (κ2) is 4.63. The van der Waals surface area contributed by atoms with Gasteiger partial charge in [0.2, 0.25) is 0 Å². The smallest absolute Gasteiger partial charge is 0.154 e. The van der Waals surface area contributed by atoms with Gasteiger partial charge in [0, 0.05) is 22.8 Å². The first kappa shape index (κ1) is 12.0. The Hall–Kier alpha value is -2.82. The van der Waals surface area contributed by atoms with E-state index in [0.29, 0.717) is 0 Å². The Labute approximate surface area is 120 Å². The van der Waals surface area contributed by atoms with Gasteiger partial charge >= 0.3 is 0 Å². The number of pyridine rings is 1. The minimum atomic E-state index is 0.760. The summed E-state index contributed by atoms with van der Waals surface area (Å²) in [6, 6.07) is 7.98. The molecule has 1 aliphatic rings. The molecule has 1 aliphatic carbocycles. The van der Waals surface area contributed by atoms with Crippen molar-refractivity contribution in [2.75, 3.05) is 5.32 Å². The average molecular weight is 279 g/mol. The van der Waals surface area contributed by atoms with Gasteiger partial charge in [-0.05, 0) is 36.6 Å². The summed E-state index contributed by atoms with van der Waals surface area (Å²) >= 11 is 0. The Bertz CT molecular complexity index is 852. The molecule has 0 spiro atoms. The van der Waals surface area contributed by atoms with Crippen molar-refractivity contribution < 1.29 is 9.62 Å². The lowest BCUT2D eigenvalue weighted by molar-refractivity contribution is 0.318. The van der Waals surface area contributed by atoms with Crippen LogP contribution in [-0.4, -0.2) is 15.9 Å². The van der Waals surface area contributed by atoms with Gasteiger partial charge in [-0.3, -0.25) is 4.98 Å². The van der Waals surface area contributed by atoms with E-state index >= 15 is 0 Å². The number of aromatic nitrogens is 1. The lowest BCUT2D eigenvalue weighted by Gasteiger charge is -2.07. The molecule has 0 saturated carbocycles. The number of aryl methyl sites for hydroxylation is 1. The summed E-state index contributed by atoms with van der Waals surface area (Å²) in [5, 5.41) is 16.7. The third-order valence-electron chi connectivity index (χ3n) is 3.83. The van der Waals surface area contributed by atoms with E-state index < -0.39 is 0 Å². The zero-order chi connectivity index (χ0) is 14.2. The van der Waals surface area contributed by atoms with Crippen molar-refractivity contribution in [3.8, 4) is 0 Å². The number of fused-ring (bicyclic) bond motifs is 2. The van der Waals surface area contributed by atoms with Gasteiger partial charge in [-0.2, -0.15) is 0 Å². The largest absolute Gasteiger partial charge is 0.460 e. The van der Waals surface area contributed by atoms with Crippen LogP contribution >= 0.6 is 0 Å². The molecule has 2 N–H and O–H groups in total. The standard InChI is InChI=1S/C16H13N3O2/c20-19-14-4-1-10-7-11(2-3-12(10)14)18-15-9-21-16-8-17-6-5-13(15)16/h2-3,5-9,18,20H,1,4H2/b19-14+. The molecular weight excluding hydrogens is 266 g/mol. The normalized spacial score (nSPS) is 15.5. The number of nitrogens with zero attached hydrogens (tertiary/aromatic N) is 2. The van der Waals surface area contributed by atoms with Crippen molar-refractivity contribution in [3.05, 3.63) is 54.0 Å². The summed E-state index contributed by atoms with van der Waals surface area (Å²) in [5.74, 6) is 0. The Morgan fingerprint density at radius 1 is 1.24 bits per heavy atom. The fourth-order valence-electron chi connectivity index (χ4n) is 2.79. The number of oxime groups is 1. The van der Waals surface area contributed by atoms with Crippen LogP contribution in [0.25, 0.3) is 11.0 Å². The highest BCUT2D eigenvalue weighted by molar-refractivity contribution is 6.04. The fourth-order valence-corrected chi connectivity index (χ4v) is 2.79. The highest BCUT2D eigenvalue weighted by Crippen LogP contribution is 2.30. The fraction of sp³-hybridized carbons (Fsp3) is 0.125. The van der Waals surface area contributed by atoms with Gasteiger partial charge in [0.15, 0.2) is 5.58 Å². The van der Waals surface area contributed by atoms with E-state index in [0.717, 1.165) is 46.5 Å². The predicted octanol–water partition coefficient (Wildman–Crippen LogP) is 3.70. The zero-order valence-corrected chi connectivity index (χ0v) is 11.2. The van der Waals surface area contributed by atoms with Gasteiger partial charge in [0.05, 0.1) is 17.6 Å². The third-order valence-corrected chi connectivity index (χ3v) is 3.83. The zero-order valence-electron chi connectivity index (χ0n) is 11.2. The molecule has 3 aromatic rings. The minimum absolute atomic E-state index is 0.760. The van der Waals surface area contributed by atoms with E-state index in [9.17, 15) is 0 Å². The average Bonchev–Trinajstić information content (AvgIpc) is 3.11. The van der Waals surface area contributed by atoms with E-state index in [4.69, 9.17) is 9.62 Å². The molecule has 0 atom stereocenters. The van der Waals surface area contributed by atoms with Crippen molar-refractivity contribution in [1.29, 1.82) is 0 Å². The van der Waals surface area contributed by atoms with Crippen molar-refractivity contribution >= 4 is 28.1 Å². The van der Waals surface area contributed by atoms with Crippen molar-refractivity contribution in [2.45, 2.75) is 12.8 Å². The highest BCUT2D eigenvalue weighted by Gasteiger charge is 2.18. The summed E-state index contributed by atoms with van der Waals surface area (Å²) in [4.78, 5) is 4.04. The van der Waals surface area contributed by atoms with Crippen LogP contribution in [0.1, 0.15) is 17.5 Å². The van der Waals surface area contributed by atoms with E-state index in [-0.39, 0.29) is 0 Å². The number of benzene rings is 1. The van der Waals surface area contributed by atoms with Gasteiger partial charge in [0.1, 0.15) is 6.26 Å². The maximum Gasteiger partial charge on any atom is 0.154 e. The number of hydrogen-bond acceptors (Lipinski definition) is 5. The minimum Gasteiger partial charge on any atom is -0.460 e. The highest BCUT2D eigenvalue weighted by atomic mass is 16.4. The number of anilines is 2. The van der Waals surface area contributed by atoms with Gasteiger partial charge in [0.25, 0.3) is 0 Å². The van der Waals surface area contributed by atoms with Crippen LogP contribution in [0.15, 0.2) is 52.5 Å².